The van der Waals surface area contributed by atoms with Gasteiger partial charge in [0, 0.05) is 6.61 Å². The minimum Gasteiger partial charge on any atom is -0.396 e. The Morgan fingerprint density at radius 2 is 2.33 bits per heavy atom. The predicted octanol–water partition coefficient (Wildman–Crippen LogP) is 3.53. The molecule has 0 radical (unpaired) electrons. The Bertz CT molecular complexity index is 256. The number of fused-ring (bicyclic) bond motifs is 1. The zero-order chi connectivity index (χ0) is 10.9. The van der Waals surface area contributed by atoms with E-state index in [1.165, 1.54) is 38.5 Å². The fourth-order valence-corrected chi connectivity index (χ4v) is 3.82. The summed E-state index contributed by atoms with van der Waals surface area (Å²) in [6.45, 7) is 5.01. The van der Waals surface area contributed by atoms with E-state index in [0.29, 0.717) is 23.9 Å². The van der Waals surface area contributed by atoms with Crippen LogP contribution in [0.5, 0.6) is 0 Å². The predicted molar refractivity (Wildman–Crippen MR) is 63.6 cm³/mol. The Balaban J connectivity index is 2.24. The average molecular weight is 208 g/mol. The van der Waals surface area contributed by atoms with E-state index in [-0.39, 0.29) is 0 Å². The van der Waals surface area contributed by atoms with Gasteiger partial charge in [-0.1, -0.05) is 25.5 Å². The summed E-state index contributed by atoms with van der Waals surface area (Å²) in [7, 11) is 0. The Hall–Kier alpha value is -0.300. The van der Waals surface area contributed by atoms with Gasteiger partial charge >= 0.3 is 0 Å². The Morgan fingerprint density at radius 3 is 3.07 bits per heavy atom. The third-order valence-corrected chi connectivity index (χ3v) is 4.78. The van der Waals surface area contributed by atoms with Gasteiger partial charge in [-0.3, -0.25) is 0 Å². The molecule has 1 N–H and O–H groups in total. The van der Waals surface area contributed by atoms with Crippen molar-refractivity contribution in [3.8, 4) is 0 Å². The molecule has 1 fully saturated rings. The minimum atomic E-state index is 0.355. The fourth-order valence-electron chi connectivity index (χ4n) is 3.82. The van der Waals surface area contributed by atoms with Gasteiger partial charge in [0.05, 0.1) is 0 Å². The van der Waals surface area contributed by atoms with Crippen LogP contribution in [0.25, 0.3) is 0 Å². The standard InChI is InChI=1S/C14H24O/c1-11(10-15)13-8-5-7-12-6-3-4-9-14(12,13)2/h6,11,13,15H,3-5,7-10H2,1-2H3/t11-,13-,14+/m1/s1. The Kier molecular flexibility index (Phi) is 3.20. The largest absolute Gasteiger partial charge is 0.396 e. The van der Waals surface area contributed by atoms with Crippen LogP contribution >= 0.6 is 0 Å². The van der Waals surface area contributed by atoms with Crippen LogP contribution in [-0.2, 0) is 0 Å². The first-order valence-electron chi connectivity index (χ1n) is 6.49. The van der Waals surface area contributed by atoms with Gasteiger partial charge in [-0.25, -0.2) is 0 Å². The van der Waals surface area contributed by atoms with Gasteiger partial charge in [0.1, 0.15) is 0 Å². The summed E-state index contributed by atoms with van der Waals surface area (Å²) in [6.07, 6.45) is 10.4. The van der Waals surface area contributed by atoms with Crippen molar-refractivity contribution in [1.82, 2.24) is 0 Å². The van der Waals surface area contributed by atoms with Gasteiger partial charge in [-0.15, -0.1) is 0 Å². The van der Waals surface area contributed by atoms with E-state index in [1.54, 1.807) is 5.57 Å². The number of aliphatic hydroxyl groups excluding tert-OH is 1. The smallest absolute Gasteiger partial charge is 0.0459 e. The van der Waals surface area contributed by atoms with Crippen LogP contribution in [0, 0.1) is 17.3 Å². The zero-order valence-electron chi connectivity index (χ0n) is 10.1. The molecule has 0 amide bonds. The summed E-state index contributed by atoms with van der Waals surface area (Å²) in [5.74, 6) is 1.18. The van der Waals surface area contributed by atoms with Crippen LogP contribution < -0.4 is 0 Å². The average Bonchev–Trinajstić information content (AvgIpc) is 2.26. The molecule has 1 heteroatoms. The summed E-state index contributed by atoms with van der Waals surface area (Å²) in [5, 5.41) is 9.37. The summed E-state index contributed by atoms with van der Waals surface area (Å²) in [4.78, 5) is 0. The first-order valence-corrected chi connectivity index (χ1v) is 6.49. The maximum absolute atomic E-state index is 9.37. The van der Waals surface area contributed by atoms with Gasteiger partial charge < -0.3 is 5.11 Å². The van der Waals surface area contributed by atoms with Gasteiger partial charge in [-0.05, 0) is 55.8 Å². The molecule has 1 nitrogen and oxygen atoms in total. The van der Waals surface area contributed by atoms with Crippen molar-refractivity contribution < 1.29 is 5.11 Å². The highest BCUT2D eigenvalue weighted by atomic mass is 16.3. The summed E-state index contributed by atoms with van der Waals surface area (Å²) in [6, 6.07) is 0. The summed E-state index contributed by atoms with van der Waals surface area (Å²) >= 11 is 0. The number of allylic oxidation sites excluding steroid dienone is 2. The second-order valence-electron chi connectivity index (χ2n) is 5.70. The van der Waals surface area contributed by atoms with E-state index in [2.05, 4.69) is 19.9 Å². The third kappa shape index (κ3) is 1.87. The molecule has 86 valence electrons. The fraction of sp³-hybridized carbons (Fsp3) is 0.857. The first-order chi connectivity index (χ1) is 7.18. The lowest BCUT2D eigenvalue weighted by molar-refractivity contribution is 0.0698. The molecule has 0 aromatic heterocycles. The molecule has 0 aromatic carbocycles. The number of rotatable bonds is 2. The maximum Gasteiger partial charge on any atom is 0.0459 e. The van der Waals surface area contributed by atoms with Gasteiger partial charge in [0.25, 0.3) is 0 Å². The Morgan fingerprint density at radius 1 is 1.53 bits per heavy atom. The molecule has 0 unspecified atom stereocenters. The van der Waals surface area contributed by atoms with Crippen molar-refractivity contribution in [1.29, 1.82) is 0 Å². The first kappa shape index (κ1) is 11.2. The SMILES string of the molecule is C[C@H](CO)[C@H]1CCCC2=CCCC[C@@]21C. The molecule has 0 aliphatic heterocycles. The lowest BCUT2D eigenvalue weighted by atomic mass is 9.57. The van der Waals surface area contributed by atoms with Crippen LogP contribution in [-0.4, -0.2) is 11.7 Å². The second kappa shape index (κ2) is 4.29. The van der Waals surface area contributed by atoms with Crippen LogP contribution in [0.15, 0.2) is 11.6 Å². The minimum absolute atomic E-state index is 0.355. The molecule has 0 saturated heterocycles. The molecule has 0 heterocycles. The highest BCUT2D eigenvalue weighted by molar-refractivity contribution is 5.20. The van der Waals surface area contributed by atoms with Crippen LogP contribution in [0.2, 0.25) is 0 Å². The molecule has 2 aliphatic rings. The molecule has 0 spiro atoms. The molecule has 15 heavy (non-hydrogen) atoms. The van der Waals surface area contributed by atoms with Crippen LogP contribution in [0.1, 0.15) is 52.4 Å². The summed E-state index contributed by atoms with van der Waals surface area (Å²) < 4.78 is 0. The molecule has 1 saturated carbocycles. The quantitative estimate of drug-likeness (QED) is 0.688. The van der Waals surface area contributed by atoms with Crippen LogP contribution in [0.3, 0.4) is 0 Å². The van der Waals surface area contributed by atoms with Gasteiger partial charge in [-0.2, -0.15) is 0 Å². The van der Waals surface area contributed by atoms with E-state index < -0.39 is 0 Å². The maximum atomic E-state index is 9.37. The van der Waals surface area contributed by atoms with Crippen molar-refractivity contribution in [3.63, 3.8) is 0 Å². The molecule has 0 aromatic rings. The molecule has 2 rings (SSSR count). The van der Waals surface area contributed by atoms with E-state index in [0.717, 1.165) is 0 Å². The highest BCUT2D eigenvalue weighted by Crippen LogP contribution is 2.53. The van der Waals surface area contributed by atoms with Crippen LogP contribution in [0.4, 0.5) is 0 Å². The van der Waals surface area contributed by atoms with Gasteiger partial charge in [0.15, 0.2) is 0 Å². The van der Waals surface area contributed by atoms with E-state index in [1.807, 2.05) is 0 Å². The van der Waals surface area contributed by atoms with Crippen molar-refractivity contribution in [2.45, 2.75) is 52.4 Å². The van der Waals surface area contributed by atoms with E-state index >= 15 is 0 Å². The summed E-state index contributed by atoms with van der Waals surface area (Å²) in [5.41, 5.74) is 2.11. The molecular formula is C14H24O. The van der Waals surface area contributed by atoms with E-state index in [9.17, 15) is 5.11 Å². The van der Waals surface area contributed by atoms with E-state index in [4.69, 9.17) is 0 Å². The highest BCUT2D eigenvalue weighted by Gasteiger charge is 2.42. The van der Waals surface area contributed by atoms with Crippen molar-refractivity contribution in [2.75, 3.05) is 6.61 Å². The van der Waals surface area contributed by atoms with Gasteiger partial charge in [0.2, 0.25) is 0 Å². The Labute approximate surface area is 93.6 Å². The lowest BCUT2D eigenvalue weighted by Crippen LogP contribution is -2.39. The molecule has 3 atom stereocenters. The topological polar surface area (TPSA) is 20.2 Å². The normalized spacial score (nSPS) is 38.1. The molecular weight excluding hydrogens is 184 g/mol. The molecule has 0 bridgehead atoms. The number of aliphatic hydroxyl groups is 1. The monoisotopic (exact) mass is 208 g/mol. The molecule has 2 aliphatic carbocycles. The zero-order valence-corrected chi connectivity index (χ0v) is 10.1. The van der Waals surface area contributed by atoms with Crippen molar-refractivity contribution in [2.24, 2.45) is 17.3 Å². The van der Waals surface area contributed by atoms with Crippen molar-refractivity contribution in [3.05, 3.63) is 11.6 Å². The second-order valence-corrected chi connectivity index (χ2v) is 5.70. The lowest BCUT2D eigenvalue weighted by Gasteiger charge is -2.48. The number of hydrogen-bond acceptors (Lipinski definition) is 1. The number of hydrogen-bond donors (Lipinski definition) is 1. The van der Waals surface area contributed by atoms with Crippen molar-refractivity contribution >= 4 is 0 Å². The third-order valence-electron chi connectivity index (χ3n) is 4.78.